The summed E-state index contributed by atoms with van der Waals surface area (Å²) in [4.78, 5) is 13.4. The van der Waals surface area contributed by atoms with Crippen LogP contribution in [0.15, 0.2) is 24.3 Å². The summed E-state index contributed by atoms with van der Waals surface area (Å²) in [6, 6.07) is 6.56. The first-order valence-electron chi connectivity index (χ1n) is 7.11. The van der Waals surface area contributed by atoms with E-state index >= 15 is 0 Å². The van der Waals surface area contributed by atoms with E-state index in [1.807, 2.05) is 0 Å². The van der Waals surface area contributed by atoms with Crippen molar-refractivity contribution in [1.82, 2.24) is 4.90 Å². The van der Waals surface area contributed by atoms with Gasteiger partial charge in [-0.15, -0.1) is 0 Å². The molecular weight excluding hydrogens is 257 g/mol. The average Bonchev–Trinajstić information content (AvgIpc) is 2.40. The number of benzene rings is 1. The Morgan fingerprint density at radius 3 is 2.75 bits per heavy atom. The van der Waals surface area contributed by atoms with Gasteiger partial charge in [-0.1, -0.05) is 31.0 Å². The van der Waals surface area contributed by atoms with Crippen molar-refractivity contribution >= 4 is 5.91 Å². The highest BCUT2D eigenvalue weighted by Gasteiger charge is 2.42. The van der Waals surface area contributed by atoms with Crippen molar-refractivity contribution in [2.24, 2.45) is 0 Å². The summed E-state index contributed by atoms with van der Waals surface area (Å²) in [7, 11) is 3.35. The third-order valence-corrected chi connectivity index (χ3v) is 4.24. The van der Waals surface area contributed by atoms with Crippen LogP contribution in [0.3, 0.4) is 0 Å². The van der Waals surface area contributed by atoms with Gasteiger partial charge in [-0.3, -0.25) is 4.79 Å². The fourth-order valence-corrected chi connectivity index (χ4v) is 3.06. The summed E-state index contributed by atoms with van der Waals surface area (Å²) in [5, 5.41) is 10.9. The fourth-order valence-electron chi connectivity index (χ4n) is 3.06. The molecule has 0 bridgehead atoms. The number of amides is 1. The molecule has 0 radical (unpaired) electrons. The number of rotatable bonds is 3. The first-order valence-corrected chi connectivity index (χ1v) is 7.11. The van der Waals surface area contributed by atoms with E-state index in [1.54, 1.807) is 32.3 Å². The topological polar surface area (TPSA) is 40.5 Å². The number of aliphatic hydroxyl groups is 1. The lowest BCUT2D eigenvalue weighted by atomic mass is 9.70. The number of halogens is 1. The van der Waals surface area contributed by atoms with Crippen LogP contribution in [0.1, 0.15) is 43.6 Å². The number of nitrogens with zero attached hydrogens (tertiary/aromatic N) is 1. The highest BCUT2D eigenvalue weighted by atomic mass is 19.1. The largest absolute Gasteiger partial charge is 0.389 e. The van der Waals surface area contributed by atoms with Crippen LogP contribution in [-0.2, 0) is 4.79 Å². The Morgan fingerprint density at radius 1 is 1.40 bits per heavy atom. The fraction of sp³-hybridized carbons (Fsp3) is 0.562. The van der Waals surface area contributed by atoms with Crippen molar-refractivity contribution in [2.45, 2.75) is 43.6 Å². The molecule has 1 aliphatic carbocycles. The quantitative estimate of drug-likeness (QED) is 0.924. The third-order valence-electron chi connectivity index (χ3n) is 4.24. The van der Waals surface area contributed by atoms with Gasteiger partial charge >= 0.3 is 0 Å². The minimum absolute atomic E-state index is 0.0546. The molecule has 1 aromatic rings. The van der Waals surface area contributed by atoms with E-state index in [0.29, 0.717) is 12.0 Å². The highest BCUT2D eigenvalue weighted by molar-refractivity contribution is 5.76. The molecular formula is C16H22FNO2. The lowest BCUT2D eigenvalue weighted by Gasteiger charge is -2.40. The molecule has 110 valence electrons. The molecule has 0 spiro atoms. The van der Waals surface area contributed by atoms with Crippen molar-refractivity contribution < 1.29 is 14.3 Å². The van der Waals surface area contributed by atoms with E-state index in [9.17, 15) is 14.3 Å². The van der Waals surface area contributed by atoms with E-state index in [0.717, 1.165) is 19.3 Å². The van der Waals surface area contributed by atoms with Crippen LogP contribution >= 0.6 is 0 Å². The minimum Gasteiger partial charge on any atom is -0.389 e. The second kappa shape index (κ2) is 5.92. The van der Waals surface area contributed by atoms with Crippen molar-refractivity contribution in [3.63, 3.8) is 0 Å². The Labute approximate surface area is 119 Å². The van der Waals surface area contributed by atoms with Crippen LogP contribution in [0, 0.1) is 5.82 Å². The Balaban J connectivity index is 2.29. The normalized spacial score (nSPS) is 26.3. The summed E-state index contributed by atoms with van der Waals surface area (Å²) >= 11 is 0. The molecule has 1 fully saturated rings. The molecule has 1 aliphatic rings. The molecule has 4 heteroatoms. The first-order chi connectivity index (χ1) is 9.44. The van der Waals surface area contributed by atoms with Crippen LogP contribution in [-0.4, -0.2) is 35.6 Å². The van der Waals surface area contributed by atoms with Crippen LogP contribution in [0.4, 0.5) is 4.39 Å². The van der Waals surface area contributed by atoms with E-state index < -0.39 is 5.60 Å². The van der Waals surface area contributed by atoms with Crippen LogP contribution in [0.5, 0.6) is 0 Å². The van der Waals surface area contributed by atoms with Gasteiger partial charge in [0.25, 0.3) is 0 Å². The second-order valence-electron chi connectivity index (χ2n) is 5.89. The molecule has 1 amide bonds. The number of hydrogen-bond acceptors (Lipinski definition) is 2. The van der Waals surface area contributed by atoms with Crippen molar-refractivity contribution in [2.75, 3.05) is 14.1 Å². The second-order valence-corrected chi connectivity index (χ2v) is 5.89. The molecule has 1 aromatic carbocycles. The van der Waals surface area contributed by atoms with Gasteiger partial charge in [0.05, 0.1) is 12.0 Å². The average molecular weight is 279 g/mol. The number of carbonyl (C=O) groups is 1. The maximum Gasteiger partial charge on any atom is 0.224 e. The Hall–Kier alpha value is -1.42. The SMILES string of the molecule is CN(C)C(=O)CC1(O)CCCCC1c1ccccc1F. The summed E-state index contributed by atoms with van der Waals surface area (Å²) in [6.07, 6.45) is 3.16. The van der Waals surface area contributed by atoms with Crippen LogP contribution in [0.25, 0.3) is 0 Å². The Kier molecular flexibility index (Phi) is 4.43. The zero-order valence-electron chi connectivity index (χ0n) is 12.1. The third kappa shape index (κ3) is 3.01. The Bertz CT molecular complexity index is 489. The van der Waals surface area contributed by atoms with Gasteiger partial charge in [0.2, 0.25) is 5.91 Å². The van der Waals surface area contributed by atoms with E-state index in [4.69, 9.17) is 0 Å². The highest BCUT2D eigenvalue weighted by Crippen LogP contribution is 2.43. The molecule has 0 aliphatic heterocycles. The summed E-state index contributed by atoms with van der Waals surface area (Å²) in [5.41, 5.74) is -0.608. The molecule has 2 rings (SSSR count). The minimum atomic E-state index is -1.14. The lowest BCUT2D eigenvalue weighted by molar-refractivity contribution is -0.136. The van der Waals surface area contributed by atoms with Crippen LogP contribution < -0.4 is 0 Å². The number of carbonyl (C=O) groups excluding carboxylic acids is 1. The maximum atomic E-state index is 14.0. The molecule has 20 heavy (non-hydrogen) atoms. The predicted molar refractivity (Wildman–Crippen MR) is 75.9 cm³/mol. The number of hydrogen-bond donors (Lipinski definition) is 1. The van der Waals surface area contributed by atoms with Crippen molar-refractivity contribution in [3.8, 4) is 0 Å². The maximum absolute atomic E-state index is 14.0. The van der Waals surface area contributed by atoms with E-state index in [-0.39, 0.29) is 24.1 Å². The zero-order valence-corrected chi connectivity index (χ0v) is 12.1. The lowest BCUT2D eigenvalue weighted by Crippen LogP contribution is -2.43. The van der Waals surface area contributed by atoms with Gasteiger partial charge in [-0.2, -0.15) is 0 Å². The zero-order chi connectivity index (χ0) is 14.8. The van der Waals surface area contributed by atoms with E-state index in [2.05, 4.69) is 0 Å². The predicted octanol–water partition coefficient (Wildman–Crippen LogP) is 2.69. The van der Waals surface area contributed by atoms with Gasteiger partial charge in [-0.25, -0.2) is 4.39 Å². The standard InChI is InChI=1S/C16H22FNO2/c1-18(2)15(19)11-16(20)10-6-5-8-13(16)12-7-3-4-9-14(12)17/h3-4,7,9,13,20H,5-6,8,10-11H2,1-2H3. The Morgan fingerprint density at radius 2 is 2.10 bits per heavy atom. The molecule has 0 aromatic heterocycles. The molecule has 0 heterocycles. The smallest absolute Gasteiger partial charge is 0.224 e. The molecule has 0 saturated heterocycles. The van der Waals surface area contributed by atoms with Crippen molar-refractivity contribution in [1.29, 1.82) is 0 Å². The molecule has 1 N–H and O–H groups in total. The van der Waals surface area contributed by atoms with Gasteiger partial charge in [-0.05, 0) is 24.5 Å². The molecule has 2 unspecified atom stereocenters. The van der Waals surface area contributed by atoms with Gasteiger partial charge in [0, 0.05) is 20.0 Å². The summed E-state index contributed by atoms with van der Waals surface area (Å²) in [6.45, 7) is 0. The van der Waals surface area contributed by atoms with E-state index in [1.165, 1.54) is 11.0 Å². The molecule has 3 nitrogen and oxygen atoms in total. The summed E-state index contributed by atoms with van der Waals surface area (Å²) in [5.74, 6) is -0.716. The van der Waals surface area contributed by atoms with Gasteiger partial charge < -0.3 is 10.0 Å². The van der Waals surface area contributed by atoms with Crippen molar-refractivity contribution in [3.05, 3.63) is 35.6 Å². The summed E-state index contributed by atoms with van der Waals surface area (Å²) < 4.78 is 14.0. The van der Waals surface area contributed by atoms with Gasteiger partial charge in [0.15, 0.2) is 0 Å². The monoisotopic (exact) mass is 279 g/mol. The first kappa shape index (κ1) is 15.0. The molecule has 1 saturated carbocycles. The van der Waals surface area contributed by atoms with Crippen LogP contribution in [0.2, 0.25) is 0 Å². The molecule has 2 atom stereocenters. The van der Waals surface area contributed by atoms with Gasteiger partial charge in [0.1, 0.15) is 5.82 Å².